The van der Waals surface area contributed by atoms with Crippen LogP contribution in [0.2, 0.25) is 10.0 Å². The summed E-state index contributed by atoms with van der Waals surface area (Å²) in [4.78, 5) is 2.20. The first kappa shape index (κ1) is 16.3. The Hall–Kier alpha value is -1.06. The van der Waals surface area contributed by atoms with E-state index in [2.05, 4.69) is 36.4 Å². The zero-order valence-corrected chi connectivity index (χ0v) is 13.8. The van der Waals surface area contributed by atoms with Crippen molar-refractivity contribution in [3.63, 3.8) is 0 Å². The first-order chi connectivity index (χ1) is 10.1. The molecular formula is C17H20Cl2N2. The highest BCUT2D eigenvalue weighted by Gasteiger charge is 2.13. The molecule has 21 heavy (non-hydrogen) atoms. The standard InChI is InChI=1S/C17H20Cl2N2/c1-21(2)17(13-7-9-15(18)10-8-13)12-20-11-14-5-3-4-6-16(14)19/h3-10,17,20H,11-12H2,1-2H3. The smallest absolute Gasteiger partial charge is 0.0466 e. The molecule has 0 saturated heterocycles. The molecule has 0 bridgehead atoms. The third-order valence-corrected chi connectivity index (χ3v) is 4.11. The molecule has 0 aliphatic rings. The van der Waals surface area contributed by atoms with Gasteiger partial charge in [0.15, 0.2) is 0 Å². The summed E-state index contributed by atoms with van der Waals surface area (Å²) in [5.41, 5.74) is 2.36. The molecule has 2 nitrogen and oxygen atoms in total. The van der Waals surface area contributed by atoms with Gasteiger partial charge >= 0.3 is 0 Å². The Morgan fingerprint density at radius 1 is 1.00 bits per heavy atom. The van der Waals surface area contributed by atoms with Crippen molar-refractivity contribution < 1.29 is 0 Å². The summed E-state index contributed by atoms with van der Waals surface area (Å²) in [5, 5.41) is 5.05. The Bertz CT molecular complexity index is 567. The van der Waals surface area contributed by atoms with Crippen LogP contribution >= 0.6 is 23.2 Å². The number of benzene rings is 2. The summed E-state index contributed by atoms with van der Waals surface area (Å²) in [6.07, 6.45) is 0. The molecule has 112 valence electrons. The molecule has 0 heterocycles. The van der Waals surface area contributed by atoms with E-state index in [1.165, 1.54) is 5.56 Å². The average Bonchev–Trinajstić information content (AvgIpc) is 2.46. The van der Waals surface area contributed by atoms with Crippen LogP contribution in [0.25, 0.3) is 0 Å². The van der Waals surface area contributed by atoms with Gasteiger partial charge in [-0.05, 0) is 43.4 Å². The predicted molar refractivity (Wildman–Crippen MR) is 91.0 cm³/mol. The molecule has 0 aliphatic carbocycles. The zero-order chi connectivity index (χ0) is 15.2. The Kier molecular flexibility index (Phi) is 6.07. The van der Waals surface area contributed by atoms with Crippen LogP contribution in [0.15, 0.2) is 48.5 Å². The maximum atomic E-state index is 6.17. The lowest BCUT2D eigenvalue weighted by Crippen LogP contribution is -2.30. The van der Waals surface area contributed by atoms with Crippen molar-refractivity contribution in [2.45, 2.75) is 12.6 Å². The molecule has 2 rings (SSSR count). The average molecular weight is 323 g/mol. The van der Waals surface area contributed by atoms with Gasteiger partial charge in [-0.3, -0.25) is 0 Å². The van der Waals surface area contributed by atoms with Crippen LogP contribution in [0.3, 0.4) is 0 Å². The number of halogens is 2. The SMILES string of the molecule is CN(C)C(CNCc1ccccc1Cl)c1ccc(Cl)cc1. The molecule has 1 N–H and O–H groups in total. The fourth-order valence-electron chi connectivity index (χ4n) is 2.27. The summed E-state index contributed by atoms with van der Waals surface area (Å²) in [5.74, 6) is 0. The number of nitrogens with one attached hydrogen (secondary N) is 1. The van der Waals surface area contributed by atoms with Crippen LogP contribution in [0, 0.1) is 0 Å². The molecule has 2 aromatic carbocycles. The van der Waals surface area contributed by atoms with Gasteiger partial charge < -0.3 is 10.2 Å². The van der Waals surface area contributed by atoms with E-state index >= 15 is 0 Å². The quantitative estimate of drug-likeness (QED) is 0.848. The van der Waals surface area contributed by atoms with E-state index in [4.69, 9.17) is 23.2 Å². The lowest BCUT2D eigenvalue weighted by atomic mass is 10.1. The lowest BCUT2D eigenvalue weighted by molar-refractivity contribution is 0.288. The van der Waals surface area contributed by atoms with Crippen molar-refractivity contribution in [1.29, 1.82) is 0 Å². The highest BCUT2D eigenvalue weighted by atomic mass is 35.5. The third kappa shape index (κ3) is 4.72. The summed E-state index contributed by atoms with van der Waals surface area (Å²) in [6, 6.07) is 16.2. The van der Waals surface area contributed by atoms with Crippen molar-refractivity contribution in [2.24, 2.45) is 0 Å². The lowest BCUT2D eigenvalue weighted by Gasteiger charge is -2.25. The van der Waals surface area contributed by atoms with E-state index < -0.39 is 0 Å². The van der Waals surface area contributed by atoms with E-state index in [1.54, 1.807) is 0 Å². The minimum Gasteiger partial charge on any atom is -0.311 e. The topological polar surface area (TPSA) is 15.3 Å². The van der Waals surface area contributed by atoms with Crippen LogP contribution in [0.1, 0.15) is 17.2 Å². The second-order valence-corrected chi connectivity index (χ2v) is 6.10. The molecule has 0 fully saturated rings. The van der Waals surface area contributed by atoms with Crippen LogP contribution < -0.4 is 5.32 Å². The van der Waals surface area contributed by atoms with Crippen LogP contribution in [-0.4, -0.2) is 25.5 Å². The van der Waals surface area contributed by atoms with Crippen LogP contribution in [0.5, 0.6) is 0 Å². The van der Waals surface area contributed by atoms with Gasteiger partial charge in [-0.2, -0.15) is 0 Å². The van der Waals surface area contributed by atoms with E-state index in [0.717, 1.165) is 28.7 Å². The molecule has 0 aliphatic heterocycles. The van der Waals surface area contributed by atoms with E-state index in [0.29, 0.717) is 6.04 Å². The van der Waals surface area contributed by atoms with Gasteiger partial charge in [-0.15, -0.1) is 0 Å². The number of nitrogens with zero attached hydrogens (tertiary/aromatic N) is 1. The molecule has 0 radical (unpaired) electrons. The van der Waals surface area contributed by atoms with Gasteiger partial charge in [0.05, 0.1) is 0 Å². The molecule has 0 aromatic heterocycles. The molecule has 0 saturated carbocycles. The maximum absolute atomic E-state index is 6.17. The molecule has 4 heteroatoms. The first-order valence-electron chi connectivity index (χ1n) is 6.94. The second kappa shape index (κ2) is 7.81. The Balaban J connectivity index is 1.98. The Morgan fingerprint density at radius 3 is 2.29 bits per heavy atom. The van der Waals surface area contributed by atoms with Gasteiger partial charge in [-0.25, -0.2) is 0 Å². The van der Waals surface area contributed by atoms with Gasteiger partial charge in [0, 0.05) is 29.2 Å². The first-order valence-corrected chi connectivity index (χ1v) is 7.69. The fraction of sp³-hybridized carbons (Fsp3) is 0.294. The Morgan fingerprint density at radius 2 is 1.67 bits per heavy atom. The number of likely N-dealkylation sites (N-methyl/N-ethyl adjacent to an activating group) is 1. The minimum atomic E-state index is 0.296. The summed E-state index contributed by atoms with van der Waals surface area (Å²) in [7, 11) is 4.16. The largest absolute Gasteiger partial charge is 0.311 e. The molecule has 0 amide bonds. The summed E-state index contributed by atoms with van der Waals surface area (Å²) >= 11 is 12.1. The molecule has 2 aromatic rings. The number of rotatable bonds is 6. The highest BCUT2D eigenvalue weighted by Crippen LogP contribution is 2.20. The van der Waals surface area contributed by atoms with Crippen molar-refractivity contribution >= 4 is 23.2 Å². The maximum Gasteiger partial charge on any atom is 0.0466 e. The highest BCUT2D eigenvalue weighted by molar-refractivity contribution is 6.31. The van der Waals surface area contributed by atoms with Gasteiger partial charge in [-0.1, -0.05) is 53.5 Å². The van der Waals surface area contributed by atoms with E-state index in [-0.39, 0.29) is 0 Å². The third-order valence-electron chi connectivity index (χ3n) is 3.49. The van der Waals surface area contributed by atoms with Crippen molar-refractivity contribution in [3.05, 3.63) is 69.7 Å². The van der Waals surface area contributed by atoms with Crippen molar-refractivity contribution in [3.8, 4) is 0 Å². The molecule has 1 atom stereocenters. The summed E-state index contributed by atoms with van der Waals surface area (Å²) in [6.45, 7) is 1.61. The molecular weight excluding hydrogens is 303 g/mol. The number of hydrogen-bond acceptors (Lipinski definition) is 2. The van der Waals surface area contributed by atoms with E-state index in [1.807, 2.05) is 36.4 Å². The monoisotopic (exact) mass is 322 g/mol. The normalized spacial score (nSPS) is 12.6. The van der Waals surface area contributed by atoms with Crippen LogP contribution in [0.4, 0.5) is 0 Å². The van der Waals surface area contributed by atoms with Crippen molar-refractivity contribution in [2.75, 3.05) is 20.6 Å². The summed E-state index contributed by atoms with van der Waals surface area (Å²) < 4.78 is 0. The fourth-order valence-corrected chi connectivity index (χ4v) is 2.60. The Labute approximate surface area is 136 Å². The zero-order valence-electron chi connectivity index (χ0n) is 12.3. The molecule has 0 spiro atoms. The van der Waals surface area contributed by atoms with Gasteiger partial charge in [0.25, 0.3) is 0 Å². The number of hydrogen-bond donors (Lipinski definition) is 1. The van der Waals surface area contributed by atoms with Gasteiger partial charge in [0.1, 0.15) is 0 Å². The van der Waals surface area contributed by atoms with Crippen molar-refractivity contribution in [1.82, 2.24) is 10.2 Å². The second-order valence-electron chi connectivity index (χ2n) is 5.25. The van der Waals surface area contributed by atoms with E-state index in [9.17, 15) is 0 Å². The predicted octanol–water partition coefficient (Wildman–Crippen LogP) is 4.39. The molecule has 1 unspecified atom stereocenters. The minimum absolute atomic E-state index is 0.296. The van der Waals surface area contributed by atoms with Crippen LogP contribution in [-0.2, 0) is 6.54 Å². The van der Waals surface area contributed by atoms with Gasteiger partial charge in [0.2, 0.25) is 0 Å².